The third kappa shape index (κ3) is 3.68. The highest BCUT2D eigenvalue weighted by Gasteiger charge is 2.19. The van der Waals surface area contributed by atoms with Gasteiger partial charge in [-0.2, -0.15) is 9.97 Å². The Balaban J connectivity index is 1.52. The van der Waals surface area contributed by atoms with Crippen LogP contribution in [0.15, 0.2) is 96.5 Å². The largest absolute Gasteiger partial charge is 0.278 e. The molecule has 3 aromatic heterocycles. The van der Waals surface area contributed by atoms with Crippen molar-refractivity contribution in [1.29, 1.82) is 0 Å². The number of benzene rings is 4. The van der Waals surface area contributed by atoms with Gasteiger partial charge in [0.1, 0.15) is 0 Å². The number of thiazole rings is 1. The van der Waals surface area contributed by atoms with Gasteiger partial charge in [-0.3, -0.25) is 4.57 Å². The second kappa shape index (κ2) is 8.57. The lowest BCUT2D eigenvalue weighted by molar-refractivity contribution is 0.590. The van der Waals surface area contributed by atoms with E-state index in [4.69, 9.17) is 15.0 Å². The van der Waals surface area contributed by atoms with Crippen LogP contribution < -0.4 is 0 Å². The van der Waals surface area contributed by atoms with E-state index in [0.29, 0.717) is 17.6 Å². The molecule has 0 bridgehead atoms. The van der Waals surface area contributed by atoms with Crippen LogP contribution in [0.2, 0.25) is 0 Å². The van der Waals surface area contributed by atoms with Crippen molar-refractivity contribution in [3.8, 4) is 28.7 Å². The van der Waals surface area contributed by atoms with Crippen LogP contribution in [0, 0.1) is 0 Å². The summed E-state index contributed by atoms with van der Waals surface area (Å²) in [5.41, 5.74) is 8.21. The van der Waals surface area contributed by atoms with E-state index in [-0.39, 0.29) is 5.41 Å². The molecule has 0 saturated heterocycles. The minimum absolute atomic E-state index is 0.0682. The molecule has 4 aromatic carbocycles. The number of hydrogen-bond donors (Lipinski definition) is 0. The Hall–Kier alpha value is -4.42. The van der Waals surface area contributed by atoms with E-state index >= 15 is 0 Å². The summed E-state index contributed by atoms with van der Waals surface area (Å²) >= 11 is 1.61. The monoisotopic (exact) mass is 511 g/mol. The van der Waals surface area contributed by atoms with Crippen molar-refractivity contribution < 1.29 is 0 Å². The van der Waals surface area contributed by atoms with E-state index in [2.05, 4.69) is 109 Å². The first-order valence-electron chi connectivity index (χ1n) is 12.7. The van der Waals surface area contributed by atoms with Gasteiger partial charge >= 0.3 is 0 Å². The zero-order valence-electron chi connectivity index (χ0n) is 21.4. The van der Waals surface area contributed by atoms with Gasteiger partial charge in [0.25, 0.3) is 0 Å². The minimum atomic E-state index is 0.0682. The van der Waals surface area contributed by atoms with Crippen LogP contribution in [0.4, 0.5) is 0 Å². The normalized spacial score (nSPS) is 12.1. The highest BCUT2D eigenvalue weighted by atomic mass is 32.1. The molecule has 0 unspecified atom stereocenters. The van der Waals surface area contributed by atoms with Crippen molar-refractivity contribution in [3.05, 3.63) is 102 Å². The second-order valence-electron chi connectivity index (χ2n) is 10.5. The molecule has 5 nitrogen and oxygen atoms in total. The molecule has 0 amide bonds. The average molecular weight is 512 g/mol. The van der Waals surface area contributed by atoms with E-state index in [0.717, 1.165) is 32.4 Å². The summed E-state index contributed by atoms with van der Waals surface area (Å²) in [6, 6.07) is 31.5. The number of rotatable bonds is 3. The Morgan fingerprint density at radius 1 is 0.658 bits per heavy atom. The molecular formula is C32H25N5S. The average Bonchev–Trinajstić information content (AvgIpc) is 3.55. The smallest absolute Gasteiger partial charge is 0.238 e. The molecule has 3 heterocycles. The zero-order chi connectivity index (χ0) is 25.9. The predicted molar refractivity (Wildman–Crippen MR) is 157 cm³/mol. The fourth-order valence-corrected chi connectivity index (χ4v) is 5.83. The molecule has 0 N–H and O–H groups in total. The van der Waals surface area contributed by atoms with E-state index in [1.54, 1.807) is 11.3 Å². The van der Waals surface area contributed by atoms with Gasteiger partial charge in [0.2, 0.25) is 5.95 Å². The van der Waals surface area contributed by atoms with Crippen molar-refractivity contribution in [2.45, 2.75) is 26.2 Å². The van der Waals surface area contributed by atoms with Gasteiger partial charge in [0.15, 0.2) is 11.6 Å². The third-order valence-electron chi connectivity index (χ3n) is 7.01. The number of para-hydroxylation sites is 2. The second-order valence-corrected chi connectivity index (χ2v) is 11.3. The van der Waals surface area contributed by atoms with Crippen molar-refractivity contribution in [1.82, 2.24) is 24.5 Å². The summed E-state index contributed by atoms with van der Waals surface area (Å²) in [7, 11) is 0. The molecule has 0 fully saturated rings. The number of aromatic nitrogens is 5. The summed E-state index contributed by atoms with van der Waals surface area (Å²) in [4.78, 5) is 19.7. The molecule has 0 aliphatic carbocycles. The van der Waals surface area contributed by atoms with Crippen molar-refractivity contribution in [2.75, 3.05) is 0 Å². The summed E-state index contributed by atoms with van der Waals surface area (Å²) in [5, 5.41) is 2.34. The van der Waals surface area contributed by atoms with Crippen LogP contribution >= 0.6 is 11.3 Å². The van der Waals surface area contributed by atoms with Gasteiger partial charge in [-0.1, -0.05) is 87.5 Å². The molecule has 6 heteroatoms. The van der Waals surface area contributed by atoms with Gasteiger partial charge in [0.05, 0.1) is 26.8 Å². The van der Waals surface area contributed by atoms with Gasteiger partial charge in [-0.05, 0) is 35.2 Å². The van der Waals surface area contributed by atoms with Crippen molar-refractivity contribution in [2.24, 2.45) is 0 Å². The zero-order valence-corrected chi connectivity index (χ0v) is 22.2. The first kappa shape index (κ1) is 22.8. The quantitative estimate of drug-likeness (QED) is 0.240. The van der Waals surface area contributed by atoms with Crippen LogP contribution in [0.3, 0.4) is 0 Å². The first-order chi connectivity index (χ1) is 18.5. The van der Waals surface area contributed by atoms with Gasteiger partial charge in [0, 0.05) is 21.9 Å². The van der Waals surface area contributed by atoms with Crippen LogP contribution in [-0.4, -0.2) is 24.5 Å². The van der Waals surface area contributed by atoms with Crippen LogP contribution in [0.1, 0.15) is 26.3 Å². The van der Waals surface area contributed by atoms with Crippen LogP contribution in [0.25, 0.3) is 60.7 Å². The molecule has 7 rings (SSSR count). The Morgan fingerprint density at radius 2 is 1.32 bits per heavy atom. The Bertz CT molecular complexity index is 1910. The number of hydrogen-bond acceptors (Lipinski definition) is 5. The van der Waals surface area contributed by atoms with Crippen LogP contribution in [-0.2, 0) is 5.41 Å². The van der Waals surface area contributed by atoms with E-state index in [1.807, 2.05) is 17.6 Å². The molecular weight excluding hydrogens is 486 g/mol. The number of nitrogens with zero attached hydrogens (tertiary/aromatic N) is 5. The highest BCUT2D eigenvalue weighted by Crippen LogP contribution is 2.34. The van der Waals surface area contributed by atoms with Crippen LogP contribution in [0.5, 0.6) is 0 Å². The summed E-state index contributed by atoms with van der Waals surface area (Å²) in [5.74, 6) is 1.89. The maximum Gasteiger partial charge on any atom is 0.238 e. The Kier molecular flexibility index (Phi) is 5.13. The lowest BCUT2D eigenvalue weighted by Crippen LogP contribution is -2.10. The summed E-state index contributed by atoms with van der Waals surface area (Å²) in [6.07, 6.45) is 0. The van der Waals surface area contributed by atoms with Gasteiger partial charge < -0.3 is 0 Å². The highest BCUT2D eigenvalue weighted by molar-refractivity contribution is 7.17. The Labute approximate surface area is 224 Å². The molecule has 0 radical (unpaired) electrons. The summed E-state index contributed by atoms with van der Waals surface area (Å²) in [6.45, 7) is 6.66. The van der Waals surface area contributed by atoms with Crippen molar-refractivity contribution >= 4 is 43.4 Å². The molecule has 0 spiro atoms. The fraction of sp³-hybridized carbons (Fsp3) is 0.125. The van der Waals surface area contributed by atoms with E-state index < -0.39 is 0 Å². The third-order valence-corrected chi connectivity index (χ3v) is 7.89. The maximum atomic E-state index is 5.08. The molecule has 184 valence electrons. The predicted octanol–water partition coefficient (Wildman–Crippen LogP) is 8.21. The molecule has 38 heavy (non-hydrogen) atoms. The molecule has 0 saturated carbocycles. The molecule has 0 atom stereocenters. The van der Waals surface area contributed by atoms with Crippen molar-refractivity contribution in [3.63, 3.8) is 0 Å². The maximum absolute atomic E-state index is 5.08. The van der Waals surface area contributed by atoms with E-state index in [9.17, 15) is 0 Å². The summed E-state index contributed by atoms with van der Waals surface area (Å²) < 4.78 is 3.22. The SMILES string of the molecule is CC(C)(C)c1ccc(-c2nc(-c3cccc4ncsc34)nc(-n3c4ccccc4c4ccccc43)n2)cc1. The topological polar surface area (TPSA) is 56.5 Å². The molecule has 7 aromatic rings. The fourth-order valence-electron chi connectivity index (χ4n) is 5.03. The lowest BCUT2D eigenvalue weighted by Gasteiger charge is -2.19. The number of fused-ring (bicyclic) bond motifs is 4. The van der Waals surface area contributed by atoms with Gasteiger partial charge in [-0.25, -0.2) is 9.97 Å². The van der Waals surface area contributed by atoms with Gasteiger partial charge in [-0.15, -0.1) is 11.3 Å². The Morgan fingerprint density at radius 3 is 2.00 bits per heavy atom. The lowest BCUT2D eigenvalue weighted by atomic mass is 9.87. The molecule has 0 aliphatic heterocycles. The minimum Gasteiger partial charge on any atom is -0.278 e. The molecule has 0 aliphatic rings. The first-order valence-corrected chi connectivity index (χ1v) is 13.5. The standard InChI is InChI=1S/C32H25N5S/c1-32(2,3)21-17-15-20(16-18-21)29-34-30(24-11-8-12-25-28(24)38-19-33-25)36-31(35-29)37-26-13-6-4-9-22(26)23-10-5-7-14-27(23)37/h4-19H,1-3H3. The van der Waals surface area contributed by atoms with E-state index in [1.165, 1.54) is 16.3 Å².